The number of nitrogens with zero attached hydrogens (tertiary/aromatic N) is 2. The van der Waals surface area contributed by atoms with Crippen LogP contribution in [0.1, 0.15) is 38.5 Å². The number of thioether (sulfide) groups is 1. The van der Waals surface area contributed by atoms with Gasteiger partial charge in [0.15, 0.2) is 0 Å². The van der Waals surface area contributed by atoms with Gasteiger partial charge in [-0.2, -0.15) is 0 Å². The smallest absolute Gasteiger partial charge is 0.230 e. The molecule has 1 saturated carbocycles. The van der Waals surface area contributed by atoms with Gasteiger partial charge < -0.3 is 10.2 Å². The molecule has 5 nitrogen and oxygen atoms in total. The van der Waals surface area contributed by atoms with Crippen molar-refractivity contribution in [1.29, 1.82) is 0 Å². The second kappa shape index (κ2) is 8.51. The third-order valence-electron chi connectivity index (χ3n) is 4.80. The maximum Gasteiger partial charge on any atom is 0.230 e. The summed E-state index contributed by atoms with van der Waals surface area (Å²) in [6.45, 7) is 1.54. The van der Waals surface area contributed by atoms with Gasteiger partial charge in [-0.15, -0.1) is 11.8 Å². The van der Waals surface area contributed by atoms with Crippen LogP contribution < -0.4 is 5.32 Å². The molecule has 2 aliphatic rings. The molecular weight excluding hydrogens is 322 g/mol. The fraction of sp³-hybridized carbons (Fsp3) is 0.611. The molecule has 1 atom stereocenters. The van der Waals surface area contributed by atoms with Gasteiger partial charge in [-0.25, -0.2) is 0 Å². The topological polar surface area (TPSA) is 62.3 Å². The Morgan fingerprint density at radius 1 is 1.25 bits per heavy atom. The molecule has 2 amide bonds. The minimum atomic E-state index is -0.0355. The van der Waals surface area contributed by atoms with Gasteiger partial charge in [0.05, 0.1) is 11.8 Å². The number of amides is 2. The highest BCUT2D eigenvalue weighted by Crippen LogP contribution is 2.26. The summed E-state index contributed by atoms with van der Waals surface area (Å²) >= 11 is 1.49. The lowest BCUT2D eigenvalue weighted by atomic mass is 9.89. The second-order valence-electron chi connectivity index (χ2n) is 6.74. The van der Waals surface area contributed by atoms with E-state index in [1.807, 2.05) is 17.0 Å². The average molecular weight is 347 g/mol. The Balaban J connectivity index is 1.41. The fourth-order valence-corrected chi connectivity index (χ4v) is 4.27. The van der Waals surface area contributed by atoms with Crippen LogP contribution in [-0.4, -0.2) is 46.6 Å². The molecule has 130 valence electrons. The van der Waals surface area contributed by atoms with Crippen molar-refractivity contribution in [2.45, 2.75) is 49.5 Å². The van der Waals surface area contributed by atoms with Gasteiger partial charge in [0.2, 0.25) is 11.8 Å². The van der Waals surface area contributed by atoms with Crippen LogP contribution in [0.15, 0.2) is 29.4 Å². The van der Waals surface area contributed by atoms with E-state index >= 15 is 0 Å². The van der Waals surface area contributed by atoms with Crippen molar-refractivity contribution in [3.8, 4) is 0 Å². The summed E-state index contributed by atoms with van der Waals surface area (Å²) in [7, 11) is 0. The number of aromatic nitrogens is 1. The molecular formula is C18H25N3O2S. The van der Waals surface area contributed by atoms with E-state index in [9.17, 15) is 9.59 Å². The van der Waals surface area contributed by atoms with Crippen LogP contribution in [0.2, 0.25) is 0 Å². The number of rotatable bonds is 6. The summed E-state index contributed by atoms with van der Waals surface area (Å²) in [4.78, 5) is 31.2. The van der Waals surface area contributed by atoms with Crippen molar-refractivity contribution in [1.82, 2.24) is 15.2 Å². The Hall–Kier alpha value is -1.56. The summed E-state index contributed by atoms with van der Waals surface area (Å²) in [6, 6.07) is 3.75. The fourth-order valence-electron chi connectivity index (χ4n) is 3.58. The molecule has 0 aromatic carbocycles. The highest BCUT2D eigenvalue weighted by molar-refractivity contribution is 8.00. The normalized spacial score (nSPS) is 21.9. The Morgan fingerprint density at radius 3 is 2.75 bits per heavy atom. The first-order valence-electron chi connectivity index (χ1n) is 8.80. The van der Waals surface area contributed by atoms with Crippen molar-refractivity contribution in [2.24, 2.45) is 5.92 Å². The molecule has 1 aromatic heterocycles. The molecule has 24 heavy (non-hydrogen) atoms. The zero-order chi connectivity index (χ0) is 16.8. The second-order valence-corrected chi connectivity index (χ2v) is 7.79. The van der Waals surface area contributed by atoms with Gasteiger partial charge in [0, 0.05) is 36.8 Å². The van der Waals surface area contributed by atoms with Crippen molar-refractivity contribution < 1.29 is 9.59 Å². The maximum absolute atomic E-state index is 12.2. The summed E-state index contributed by atoms with van der Waals surface area (Å²) in [5.74, 6) is 1.21. The standard InChI is InChI=1S/C18H25N3O2S/c22-17(13-24-16-6-8-19-9-7-16)20-15-10-18(23)21(12-15)11-14-4-2-1-3-5-14/h6-9,14-15H,1-5,10-13H2,(H,20,22)/t15-/m0/s1. The number of carbonyl (C=O) groups is 2. The third kappa shape index (κ3) is 4.97. The van der Waals surface area contributed by atoms with E-state index in [1.165, 1.54) is 43.9 Å². The molecule has 0 radical (unpaired) electrons. The zero-order valence-electron chi connectivity index (χ0n) is 13.9. The molecule has 1 aliphatic carbocycles. The highest BCUT2D eigenvalue weighted by Gasteiger charge is 2.32. The molecule has 2 fully saturated rings. The number of nitrogens with one attached hydrogen (secondary N) is 1. The quantitative estimate of drug-likeness (QED) is 0.803. The third-order valence-corrected chi connectivity index (χ3v) is 5.81. The minimum absolute atomic E-state index is 0.00544. The first-order chi connectivity index (χ1) is 11.7. The molecule has 0 bridgehead atoms. The van der Waals surface area contributed by atoms with Gasteiger partial charge in [0.25, 0.3) is 0 Å². The SMILES string of the molecule is O=C(CSc1ccncc1)N[C@H]1CC(=O)N(CC2CCCCC2)C1. The molecule has 1 aliphatic heterocycles. The largest absolute Gasteiger partial charge is 0.350 e. The Morgan fingerprint density at radius 2 is 2.00 bits per heavy atom. The van der Waals surface area contributed by atoms with E-state index in [-0.39, 0.29) is 17.9 Å². The van der Waals surface area contributed by atoms with Crippen molar-refractivity contribution in [2.75, 3.05) is 18.8 Å². The molecule has 0 unspecified atom stereocenters. The van der Waals surface area contributed by atoms with E-state index in [2.05, 4.69) is 10.3 Å². The Kier molecular flexibility index (Phi) is 6.12. The lowest BCUT2D eigenvalue weighted by Crippen LogP contribution is -2.39. The van der Waals surface area contributed by atoms with Crippen LogP contribution >= 0.6 is 11.8 Å². The summed E-state index contributed by atoms with van der Waals surface area (Å²) in [6.07, 6.45) is 10.3. The van der Waals surface area contributed by atoms with Crippen molar-refractivity contribution in [3.63, 3.8) is 0 Å². The summed E-state index contributed by atoms with van der Waals surface area (Å²) < 4.78 is 0. The van der Waals surface area contributed by atoms with E-state index in [0.29, 0.717) is 24.6 Å². The molecule has 1 saturated heterocycles. The van der Waals surface area contributed by atoms with Gasteiger partial charge >= 0.3 is 0 Å². The predicted molar refractivity (Wildman–Crippen MR) is 94.7 cm³/mol. The van der Waals surface area contributed by atoms with E-state index in [4.69, 9.17) is 0 Å². The van der Waals surface area contributed by atoms with Crippen LogP contribution in [0.5, 0.6) is 0 Å². The molecule has 1 N–H and O–H groups in total. The summed E-state index contributed by atoms with van der Waals surface area (Å²) in [5, 5.41) is 3.01. The number of hydrogen-bond acceptors (Lipinski definition) is 4. The molecule has 2 heterocycles. The van der Waals surface area contributed by atoms with E-state index in [0.717, 1.165) is 11.4 Å². The molecule has 0 spiro atoms. The van der Waals surface area contributed by atoms with Crippen LogP contribution in [0.3, 0.4) is 0 Å². The highest BCUT2D eigenvalue weighted by atomic mass is 32.2. The number of likely N-dealkylation sites (tertiary alicyclic amines) is 1. The van der Waals surface area contributed by atoms with Crippen LogP contribution in [0, 0.1) is 5.92 Å². The summed E-state index contributed by atoms with van der Waals surface area (Å²) in [5.41, 5.74) is 0. The lowest BCUT2D eigenvalue weighted by Gasteiger charge is -2.27. The molecule has 6 heteroatoms. The number of hydrogen-bond donors (Lipinski definition) is 1. The maximum atomic E-state index is 12.2. The minimum Gasteiger partial charge on any atom is -0.350 e. The van der Waals surface area contributed by atoms with Gasteiger partial charge in [-0.05, 0) is 30.9 Å². The van der Waals surface area contributed by atoms with E-state index < -0.39 is 0 Å². The monoisotopic (exact) mass is 347 g/mol. The van der Waals surface area contributed by atoms with Crippen LogP contribution in [0.4, 0.5) is 0 Å². The van der Waals surface area contributed by atoms with Crippen molar-refractivity contribution >= 4 is 23.6 Å². The zero-order valence-corrected chi connectivity index (χ0v) is 14.8. The Labute approximate surface area is 147 Å². The Bertz CT molecular complexity index is 561. The average Bonchev–Trinajstić information content (AvgIpc) is 2.94. The predicted octanol–water partition coefficient (Wildman–Crippen LogP) is 2.47. The number of carbonyl (C=O) groups excluding carboxylic acids is 2. The van der Waals surface area contributed by atoms with Crippen molar-refractivity contribution in [3.05, 3.63) is 24.5 Å². The molecule has 1 aromatic rings. The van der Waals surface area contributed by atoms with Gasteiger partial charge in [-0.1, -0.05) is 19.3 Å². The first-order valence-corrected chi connectivity index (χ1v) is 9.79. The number of pyridine rings is 1. The van der Waals surface area contributed by atoms with E-state index in [1.54, 1.807) is 12.4 Å². The lowest BCUT2D eigenvalue weighted by molar-refractivity contribution is -0.128. The van der Waals surface area contributed by atoms with Crippen LogP contribution in [-0.2, 0) is 9.59 Å². The molecule has 3 rings (SSSR count). The van der Waals surface area contributed by atoms with Gasteiger partial charge in [0.1, 0.15) is 0 Å². The van der Waals surface area contributed by atoms with Crippen LogP contribution in [0.25, 0.3) is 0 Å². The van der Waals surface area contributed by atoms with Gasteiger partial charge in [-0.3, -0.25) is 14.6 Å². The first kappa shape index (κ1) is 17.3.